The van der Waals surface area contributed by atoms with Crippen LogP contribution in [-0.2, 0) is 0 Å². The van der Waals surface area contributed by atoms with Gasteiger partial charge in [-0.1, -0.05) is 59.3 Å². The number of hydrogen-bond acceptors (Lipinski definition) is 2. The quantitative estimate of drug-likeness (QED) is 0.733. The first-order valence-corrected chi connectivity index (χ1v) is 7.50. The van der Waals surface area contributed by atoms with E-state index < -0.39 is 0 Å². The smallest absolute Gasteiger partial charge is 0.110 e. The van der Waals surface area contributed by atoms with Crippen molar-refractivity contribution in [1.82, 2.24) is 5.32 Å². The number of aliphatic hydroxyl groups excluding tert-OH is 1. The fourth-order valence-corrected chi connectivity index (χ4v) is 2.44. The summed E-state index contributed by atoms with van der Waals surface area (Å²) < 4.78 is 0. The molecule has 2 N–H and O–H groups in total. The second-order valence-corrected chi connectivity index (χ2v) is 6.31. The molecule has 0 amide bonds. The summed E-state index contributed by atoms with van der Waals surface area (Å²) in [5.41, 5.74) is -0.0154. The molecule has 2 nitrogen and oxygen atoms in total. The van der Waals surface area contributed by atoms with E-state index in [1.165, 1.54) is 51.4 Å². The van der Waals surface area contributed by atoms with Crippen molar-refractivity contribution in [2.24, 2.45) is 5.41 Å². The van der Waals surface area contributed by atoms with Gasteiger partial charge in [0.1, 0.15) is 6.23 Å². The molecule has 1 fully saturated rings. The second-order valence-electron chi connectivity index (χ2n) is 6.31. The second kappa shape index (κ2) is 7.38. The molecule has 0 aliphatic heterocycles. The van der Waals surface area contributed by atoms with E-state index in [1.54, 1.807) is 0 Å². The summed E-state index contributed by atoms with van der Waals surface area (Å²) in [7, 11) is 0. The molecule has 1 atom stereocenters. The Morgan fingerprint density at radius 3 is 2.00 bits per heavy atom. The number of nitrogens with one attached hydrogen (secondary N) is 1. The van der Waals surface area contributed by atoms with E-state index in [1.807, 2.05) is 0 Å². The molecular weight excluding hydrogens is 210 g/mol. The average molecular weight is 241 g/mol. The van der Waals surface area contributed by atoms with Crippen molar-refractivity contribution < 1.29 is 5.11 Å². The highest BCUT2D eigenvalue weighted by Gasteiger charge is 2.27. The molecule has 1 aliphatic carbocycles. The molecule has 17 heavy (non-hydrogen) atoms. The highest BCUT2D eigenvalue weighted by Crippen LogP contribution is 2.25. The van der Waals surface area contributed by atoms with Crippen LogP contribution in [0.25, 0.3) is 0 Å². The Balaban J connectivity index is 2.41. The fraction of sp³-hybridized carbons (Fsp3) is 1.00. The minimum absolute atomic E-state index is 0.0154. The molecule has 0 heterocycles. The van der Waals surface area contributed by atoms with Gasteiger partial charge in [-0.3, -0.25) is 5.32 Å². The van der Waals surface area contributed by atoms with Crippen LogP contribution in [0.15, 0.2) is 0 Å². The summed E-state index contributed by atoms with van der Waals surface area (Å²) in [5.74, 6) is 0. The molecule has 1 saturated carbocycles. The zero-order valence-electron chi connectivity index (χ0n) is 12.0. The third kappa shape index (κ3) is 5.39. The normalized spacial score (nSPS) is 22.6. The molecule has 0 aromatic heterocycles. The fourth-order valence-electron chi connectivity index (χ4n) is 2.44. The van der Waals surface area contributed by atoms with Crippen molar-refractivity contribution >= 4 is 0 Å². The molecule has 1 unspecified atom stereocenters. The van der Waals surface area contributed by atoms with Crippen molar-refractivity contribution in [2.45, 2.75) is 90.8 Å². The summed E-state index contributed by atoms with van der Waals surface area (Å²) in [4.78, 5) is 0. The van der Waals surface area contributed by atoms with Gasteiger partial charge in [0.15, 0.2) is 0 Å². The average Bonchev–Trinajstić information content (AvgIpc) is 2.43. The Morgan fingerprint density at radius 2 is 1.53 bits per heavy atom. The minimum Gasteiger partial charge on any atom is -0.378 e. The maximum absolute atomic E-state index is 10.3. The van der Waals surface area contributed by atoms with E-state index in [0.717, 1.165) is 6.42 Å². The SMILES string of the molecule is CCC(C)(C)C(O)NC1CCCCCCCC1. The van der Waals surface area contributed by atoms with Gasteiger partial charge in [0.05, 0.1) is 0 Å². The monoisotopic (exact) mass is 241 g/mol. The predicted molar refractivity (Wildman–Crippen MR) is 73.9 cm³/mol. The van der Waals surface area contributed by atoms with Crippen LogP contribution in [0.4, 0.5) is 0 Å². The van der Waals surface area contributed by atoms with Crippen LogP contribution < -0.4 is 5.32 Å². The highest BCUT2D eigenvalue weighted by atomic mass is 16.3. The lowest BCUT2D eigenvalue weighted by atomic mass is 9.87. The first-order valence-electron chi connectivity index (χ1n) is 7.50. The Labute approximate surface area is 107 Å². The summed E-state index contributed by atoms with van der Waals surface area (Å²) in [6.45, 7) is 6.42. The van der Waals surface area contributed by atoms with Crippen molar-refractivity contribution in [3.63, 3.8) is 0 Å². The van der Waals surface area contributed by atoms with Gasteiger partial charge in [0.2, 0.25) is 0 Å². The molecule has 1 rings (SSSR count). The molecule has 0 bridgehead atoms. The molecule has 1 aliphatic rings. The first kappa shape index (κ1) is 15.0. The van der Waals surface area contributed by atoms with Gasteiger partial charge in [0, 0.05) is 11.5 Å². The molecule has 102 valence electrons. The summed E-state index contributed by atoms with van der Waals surface area (Å²) in [5, 5.41) is 13.7. The third-order valence-corrected chi connectivity index (χ3v) is 4.40. The third-order valence-electron chi connectivity index (χ3n) is 4.40. The zero-order valence-corrected chi connectivity index (χ0v) is 12.0. The topological polar surface area (TPSA) is 32.3 Å². The van der Waals surface area contributed by atoms with Gasteiger partial charge < -0.3 is 5.11 Å². The van der Waals surface area contributed by atoms with E-state index >= 15 is 0 Å². The standard InChI is InChI=1S/C15H31NO/c1-4-15(2,3)14(17)16-13-11-9-7-5-6-8-10-12-13/h13-14,16-17H,4-12H2,1-3H3. The van der Waals surface area contributed by atoms with E-state index in [0.29, 0.717) is 6.04 Å². The van der Waals surface area contributed by atoms with Gasteiger partial charge in [0.25, 0.3) is 0 Å². The van der Waals surface area contributed by atoms with Crippen molar-refractivity contribution in [2.75, 3.05) is 0 Å². The lowest BCUT2D eigenvalue weighted by Crippen LogP contribution is -2.46. The summed E-state index contributed by atoms with van der Waals surface area (Å²) >= 11 is 0. The Bertz CT molecular complexity index is 193. The molecule has 0 aromatic carbocycles. The molecular formula is C15H31NO. The zero-order chi connectivity index (χ0) is 12.7. The Kier molecular flexibility index (Phi) is 6.50. The largest absolute Gasteiger partial charge is 0.378 e. The highest BCUT2D eigenvalue weighted by molar-refractivity contribution is 4.79. The Morgan fingerprint density at radius 1 is 1.06 bits per heavy atom. The predicted octanol–water partition coefficient (Wildman–Crippen LogP) is 3.83. The van der Waals surface area contributed by atoms with Crippen LogP contribution in [-0.4, -0.2) is 17.4 Å². The van der Waals surface area contributed by atoms with Crippen molar-refractivity contribution in [3.05, 3.63) is 0 Å². The van der Waals surface area contributed by atoms with Gasteiger partial charge in [-0.2, -0.15) is 0 Å². The van der Waals surface area contributed by atoms with E-state index in [-0.39, 0.29) is 11.6 Å². The summed E-state index contributed by atoms with van der Waals surface area (Å²) in [6.07, 6.45) is 11.3. The van der Waals surface area contributed by atoms with Gasteiger partial charge in [-0.15, -0.1) is 0 Å². The summed E-state index contributed by atoms with van der Waals surface area (Å²) in [6, 6.07) is 0.522. The molecule has 0 saturated heterocycles. The molecule has 2 heteroatoms. The van der Waals surface area contributed by atoms with Crippen LogP contribution in [0.1, 0.15) is 78.6 Å². The Hall–Kier alpha value is -0.0800. The molecule has 0 aromatic rings. The van der Waals surface area contributed by atoms with Crippen molar-refractivity contribution in [3.8, 4) is 0 Å². The number of rotatable bonds is 4. The van der Waals surface area contributed by atoms with Crippen LogP contribution in [0, 0.1) is 5.41 Å². The van der Waals surface area contributed by atoms with E-state index in [9.17, 15) is 5.11 Å². The van der Waals surface area contributed by atoms with Crippen LogP contribution in [0.2, 0.25) is 0 Å². The maximum atomic E-state index is 10.3. The van der Waals surface area contributed by atoms with Gasteiger partial charge >= 0.3 is 0 Å². The number of hydrogen-bond donors (Lipinski definition) is 2. The van der Waals surface area contributed by atoms with Crippen LogP contribution in [0.3, 0.4) is 0 Å². The van der Waals surface area contributed by atoms with E-state index in [2.05, 4.69) is 26.1 Å². The molecule has 0 spiro atoms. The van der Waals surface area contributed by atoms with E-state index in [4.69, 9.17) is 0 Å². The van der Waals surface area contributed by atoms with Crippen molar-refractivity contribution in [1.29, 1.82) is 0 Å². The van der Waals surface area contributed by atoms with Crippen LogP contribution in [0.5, 0.6) is 0 Å². The van der Waals surface area contributed by atoms with Crippen LogP contribution >= 0.6 is 0 Å². The molecule has 0 radical (unpaired) electrons. The van der Waals surface area contributed by atoms with Gasteiger partial charge in [-0.25, -0.2) is 0 Å². The minimum atomic E-state index is -0.363. The lowest BCUT2D eigenvalue weighted by molar-refractivity contribution is 0.00760. The van der Waals surface area contributed by atoms with Gasteiger partial charge in [-0.05, 0) is 19.3 Å². The maximum Gasteiger partial charge on any atom is 0.110 e. The number of aliphatic hydroxyl groups is 1. The lowest BCUT2D eigenvalue weighted by Gasteiger charge is -2.33. The first-order chi connectivity index (χ1) is 8.06.